The standard InChI is InChI=1S/C21H23FN2O3/c1-13-9-15-5-6-23-21(26)18(15)12-16(13)10-14-3-4-17(19(22)11-14)20(25)24-7-8-27-2/h3-4,9,11-12H,5-8,10H2,1-2H3,(H,23,26)(H,24,25). The monoisotopic (exact) mass is 370 g/mol. The fourth-order valence-corrected chi connectivity index (χ4v) is 3.26. The lowest BCUT2D eigenvalue weighted by Gasteiger charge is -2.19. The number of methoxy groups -OCH3 is 1. The maximum atomic E-state index is 14.4. The molecule has 0 saturated carbocycles. The van der Waals surface area contributed by atoms with Crippen LogP contribution >= 0.6 is 0 Å². The molecule has 0 radical (unpaired) electrons. The number of benzene rings is 2. The quantitative estimate of drug-likeness (QED) is 0.768. The Labute approximate surface area is 157 Å². The molecule has 0 unspecified atom stereocenters. The lowest BCUT2D eigenvalue weighted by Crippen LogP contribution is -2.32. The number of carbonyl (C=O) groups excluding carboxylic acids is 2. The Kier molecular flexibility index (Phi) is 5.86. The van der Waals surface area contributed by atoms with Gasteiger partial charge in [0.1, 0.15) is 5.82 Å². The third-order valence-electron chi connectivity index (χ3n) is 4.75. The van der Waals surface area contributed by atoms with Crippen LogP contribution in [0, 0.1) is 12.7 Å². The van der Waals surface area contributed by atoms with Crippen molar-refractivity contribution in [2.75, 3.05) is 26.8 Å². The smallest absolute Gasteiger partial charge is 0.254 e. The molecule has 0 saturated heterocycles. The van der Waals surface area contributed by atoms with Gasteiger partial charge in [-0.1, -0.05) is 12.1 Å². The second-order valence-corrected chi connectivity index (χ2v) is 6.68. The summed E-state index contributed by atoms with van der Waals surface area (Å²) < 4.78 is 19.3. The van der Waals surface area contributed by atoms with E-state index in [9.17, 15) is 14.0 Å². The van der Waals surface area contributed by atoms with Crippen molar-refractivity contribution >= 4 is 11.8 Å². The zero-order valence-corrected chi connectivity index (χ0v) is 15.5. The zero-order chi connectivity index (χ0) is 19.4. The van der Waals surface area contributed by atoms with E-state index >= 15 is 0 Å². The van der Waals surface area contributed by atoms with Crippen molar-refractivity contribution in [2.45, 2.75) is 19.8 Å². The van der Waals surface area contributed by atoms with Crippen molar-refractivity contribution in [1.82, 2.24) is 10.6 Å². The molecule has 0 fully saturated rings. The molecule has 142 valence electrons. The summed E-state index contributed by atoms with van der Waals surface area (Å²) in [6, 6.07) is 8.55. The van der Waals surface area contributed by atoms with Gasteiger partial charge < -0.3 is 15.4 Å². The molecule has 27 heavy (non-hydrogen) atoms. The van der Waals surface area contributed by atoms with Gasteiger partial charge in [-0.15, -0.1) is 0 Å². The molecule has 0 aromatic heterocycles. The minimum atomic E-state index is -0.559. The zero-order valence-electron chi connectivity index (χ0n) is 15.5. The van der Waals surface area contributed by atoms with Crippen LogP contribution in [0.2, 0.25) is 0 Å². The van der Waals surface area contributed by atoms with Gasteiger partial charge in [0.2, 0.25) is 0 Å². The van der Waals surface area contributed by atoms with Gasteiger partial charge in [-0.2, -0.15) is 0 Å². The summed E-state index contributed by atoms with van der Waals surface area (Å²) in [6.45, 7) is 3.35. The van der Waals surface area contributed by atoms with Gasteiger partial charge in [0, 0.05) is 25.8 Å². The lowest BCUT2D eigenvalue weighted by molar-refractivity contribution is 0.0929. The number of hydrogen-bond donors (Lipinski definition) is 2. The van der Waals surface area contributed by atoms with E-state index in [4.69, 9.17) is 4.74 Å². The van der Waals surface area contributed by atoms with Crippen LogP contribution in [0.5, 0.6) is 0 Å². The van der Waals surface area contributed by atoms with Gasteiger partial charge in [-0.3, -0.25) is 9.59 Å². The highest BCUT2D eigenvalue weighted by Gasteiger charge is 2.19. The second kappa shape index (κ2) is 8.31. The van der Waals surface area contributed by atoms with Crippen LogP contribution in [-0.4, -0.2) is 38.6 Å². The number of halogens is 1. The summed E-state index contributed by atoms with van der Waals surface area (Å²) >= 11 is 0. The number of carbonyl (C=O) groups is 2. The number of ether oxygens (including phenoxy) is 1. The van der Waals surface area contributed by atoms with Crippen molar-refractivity contribution in [3.63, 3.8) is 0 Å². The maximum absolute atomic E-state index is 14.4. The van der Waals surface area contributed by atoms with Crippen LogP contribution in [0.4, 0.5) is 4.39 Å². The average molecular weight is 370 g/mol. The predicted molar refractivity (Wildman–Crippen MR) is 101 cm³/mol. The molecular formula is C21H23FN2O3. The molecule has 1 aliphatic heterocycles. The lowest BCUT2D eigenvalue weighted by atomic mass is 9.91. The molecular weight excluding hydrogens is 347 g/mol. The molecule has 1 aliphatic rings. The first-order chi connectivity index (χ1) is 13.0. The van der Waals surface area contributed by atoms with E-state index in [2.05, 4.69) is 10.6 Å². The summed E-state index contributed by atoms with van der Waals surface area (Å²) in [4.78, 5) is 24.1. The van der Waals surface area contributed by atoms with E-state index in [1.165, 1.54) is 19.2 Å². The highest BCUT2D eigenvalue weighted by Crippen LogP contribution is 2.23. The Morgan fingerprint density at radius 1 is 1.30 bits per heavy atom. The molecule has 0 spiro atoms. The van der Waals surface area contributed by atoms with E-state index in [1.54, 1.807) is 6.07 Å². The maximum Gasteiger partial charge on any atom is 0.254 e. The number of amides is 2. The van der Waals surface area contributed by atoms with E-state index in [1.807, 2.05) is 19.1 Å². The van der Waals surface area contributed by atoms with Crippen LogP contribution in [0.25, 0.3) is 0 Å². The van der Waals surface area contributed by atoms with E-state index in [0.717, 1.165) is 28.7 Å². The van der Waals surface area contributed by atoms with Crippen molar-refractivity contribution in [3.05, 3.63) is 69.5 Å². The Bertz CT molecular complexity index is 880. The number of rotatable bonds is 6. The molecule has 0 atom stereocenters. The third-order valence-corrected chi connectivity index (χ3v) is 4.75. The van der Waals surface area contributed by atoms with E-state index < -0.39 is 11.7 Å². The number of fused-ring (bicyclic) bond motifs is 1. The van der Waals surface area contributed by atoms with Crippen molar-refractivity contribution in [3.8, 4) is 0 Å². The average Bonchev–Trinajstić information content (AvgIpc) is 2.63. The fourth-order valence-electron chi connectivity index (χ4n) is 3.26. The SMILES string of the molecule is COCCNC(=O)c1ccc(Cc2cc3c(cc2C)CCNC3=O)cc1F. The van der Waals surface area contributed by atoms with Crippen molar-refractivity contribution in [1.29, 1.82) is 0 Å². The highest BCUT2D eigenvalue weighted by atomic mass is 19.1. The highest BCUT2D eigenvalue weighted by molar-refractivity contribution is 5.97. The summed E-state index contributed by atoms with van der Waals surface area (Å²) in [5.74, 6) is -1.08. The molecule has 0 bridgehead atoms. The van der Waals surface area contributed by atoms with Crippen molar-refractivity contribution in [2.24, 2.45) is 0 Å². The summed E-state index contributed by atoms with van der Waals surface area (Å²) in [5.41, 5.74) is 4.55. The number of aryl methyl sites for hydroxylation is 1. The fraction of sp³-hybridized carbons (Fsp3) is 0.333. The Morgan fingerprint density at radius 3 is 2.85 bits per heavy atom. The second-order valence-electron chi connectivity index (χ2n) is 6.68. The number of hydrogen-bond acceptors (Lipinski definition) is 3. The topological polar surface area (TPSA) is 67.4 Å². The van der Waals surface area contributed by atoms with Gasteiger partial charge in [-0.25, -0.2) is 4.39 Å². The first kappa shape index (κ1) is 19.0. The first-order valence-corrected chi connectivity index (χ1v) is 8.95. The van der Waals surface area contributed by atoms with E-state index in [0.29, 0.717) is 31.7 Å². The molecule has 1 heterocycles. The Hall–Kier alpha value is -2.73. The molecule has 3 rings (SSSR count). The molecule has 2 aromatic carbocycles. The van der Waals surface area contributed by atoms with Crippen LogP contribution in [0.1, 0.15) is 43.0 Å². The van der Waals surface area contributed by atoms with Gasteiger partial charge in [0.25, 0.3) is 11.8 Å². The predicted octanol–water partition coefficient (Wildman–Crippen LogP) is 2.39. The summed E-state index contributed by atoms with van der Waals surface area (Å²) in [6.07, 6.45) is 1.32. The number of nitrogens with one attached hydrogen (secondary N) is 2. The summed E-state index contributed by atoms with van der Waals surface area (Å²) in [7, 11) is 1.54. The van der Waals surface area contributed by atoms with Crippen LogP contribution < -0.4 is 10.6 Å². The minimum Gasteiger partial charge on any atom is -0.383 e. The molecule has 2 aromatic rings. The first-order valence-electron chi connectivity index (χ1n) is 8.95. The molecule has 2 amide bonds. The third kappa shape index (κ3) is 4.34. The van der Waals surface area contributed by atoms with E-state index in [-0.39, 0.29) is 11.5 Å². The Balaban J connectivity index is 1.78. The van der Waals surface area contributed by atoms with Gasteiger partial charge in [0.15, 0.2) is 0 Å². The van der Waals surface area contributed by atoms with Gasteiger partial charge >= 0.3 is 0 Å². The van der Waals surface area contributed by atoms with Gasteiger partial charge in [-0.05, 0) is 60.2 Å². The largest absolute Gasteiger partial charge is 0.383 e. The summed E-state index contributed by atoms with van der Waals surface area (Å²) in [5, 5.41) is 5.46. The molecule has 5 nitrogen and oxygen atoms in total. The van der Waals surface area contributed by atoms with Crippen LogP contribution in [-0.2, 0) is 17.6 Å². The normalized spacial score (nSPS) is 13.1. The molecule has 0 aliphatic carbocycles. The van der Waals surface area contributed by atoms with Crippen LogP contribution in [0.15, 0.2) is 30.3 Å². The van der Waals surface area contributed by atoms with Crippen LogP contribution in [0.3, 0.4) is 0 Å². The minimum absolute atomic E-state index is 0.0105. The van der Waals surface area contributed by atoms with Gasteiger partial charge in [0.05, 0.1) is 12.2 Å². The molecule has 6 heteroatoms. The Morgan fingerprint density at radius 2 is 2.11 bits per heavy atom. The van der Waals surface area contributed by atoms with Crippen molar-refractivity contribution < 1.29 is 18.7 Å². The molecule has 2 N–H and O–H groups in total.